The molecule has 0 aliphatic rings. The van der Waals surface area contributed by atoms with Crippen molar-refractivity contribution in [1.82, 2.24) is 0 Å². The van der Waals surface area contributed by atoms with Crippen molar-refractivity contribution in [2.75, 3.05) is 19.0 Å². The molecule has 0 saturated carbocycles. The lowest BCUT2D eigenvalue weighted by atomic mass is 10.2. The number of hydrogen-bond donors (Lipinski definition) is 2. The molecule has 8 heteroatoms. The number of phenols is 1. The fourth-order valence-electron chi connectivity index (χ4n) is 1.93. The van der Waals surface area contributed by atoms with Crippen LogP contribution in [0.15, 0.2) is 42.5 Å². The number of carbonyl (C=O) groups is 2. The molecule has 2 aromatic rings. The predicted octanol–water partition coefficient (Wildman–Crippen LogP) is 3.39. The van der Waals surface area contributed by atoms with Crippen LogP contribution in [0.3, 0.4) is 0 Å². The molecule has 0 spiro atoms. The van der Waals surface area contributed by atoms with E-state index in [2.05, 4.69) is 5.32 Å². The van der Waals surface area contributed by atoms with Crippen LogP contribution in [0.2, 0.25) is 5.02 Å². The summed E-state index contributed by atoms with van der Waals surface area (Å²) in [4.78, 5) is 23.4. The standard InChI is InChI=1S/C18H15ClFNO5/c1-25-16-8-11(2-6-15(16)22)3-7-18(24)26-10-17(23)21-14-9-12(19)4-5-13(14)20/h2-9,22H,10H2,1H3,(H,21,23)/b7-3+. The zero-order chi connectivity index (χ0) is 19.1. The van der Waals surface area contributed by atoms with Crippen molar-refractivity contribution in [3.63, 3.8) is 0 Å². The third-order valence-electron chi connectivity index (χ3n) is 3.16. The third kappa shape index (κ3) is 5.49. The Morgan fingerprint density at radius 1 is 1.27 bits per heavy atom. The Morgan fingerprint density at radius 3 is 2.77 bits per heavy atom. The van der Waals surface area contributed by atoms with Crippen LogP contribution >= 0.6 is 11.6 Å². The molecule has 2 rings (SSSR count). The van der Waals surface area contributed by atoms with E-state index in [0.717, 1.165) is 12.1 Å². The van der Waals surface area contributed by atoms with Crippen molar-refractivity contribution >= 4 is 35.2 Å². The highest BCUT2D eigenvalue weighted by Crippen LogP contribution is 2.26. The molecular weight excluding hydrogens is 365 g/mol. The fourth-order valence-corrected chi connectivity index (χ4v) is 2.10. The Kier molecular flexibility index (Phi) is 6.57. The number of phenolic OH excluding ortho intramolecular Hbond substituents is 1. The van der Waals surface area contributed by atoms with Crippen LogP contribution in [0.1, 0.15) is 5.56 Å². The molecule has 2 N–H and O–H groups in total. The highest BCUT2D eigenvalue weighted by Gasteiger charge is 2.09. The van der Waals surface area contributed by atoms with E-state index in [1.807, 2.05) is 0 Å². The number of ether oxygens (including phenoxy) is 2. The normalized spacial score (nSPS) is 10.6. The minimum absolute atomic E-state index is 0.0304. The van der Waals surface area contributed by atoms with E-state index in [0.29, 0.717) is 5.56 Å². The van der Waals surface area contributed by atoms with Crippen molar-refractivity contribution in [2.45, 2.75) is 0 Å². The number of amides is 1. The van der Waals surface area contributed by atoms with Gasteiger partial charge in [0.25, 0.3) is 5.91 Å². The van der Waals surface area contributed by atoms with E-state index >= 15 is 0 Å². The Bertz CT molecular complexity index is 853. The predicted molar refractivity (Wildman–Crippen MR) is 94.7 cm³/mol. The minimum Gasteiger partial charge on any atom is -0.504 e. The first-order valence-electron chi connectivity index (χ1n) is 7.36. The number of rotatable bonds is 6. The zero-order valence-corrected chi connectivity index (χ0v) is 14.4. The van der Waals surface area contributed by atoms with E-state index < -0.39 is 24.3 Å². The average Bonchev–Trinajstić information content (AvgIpc) is 2.62. The number of carbonyl (C=O) groups excluding carboxylic acids is 2. The van der Waals surface area contributed by atoms with Gasteiger partial charge in [0.1, 0.15) is 5.82 Å². The van der Waals surface area contributed by atoms with E-state index in [1.54, 1.807) is 6.07 Å². The average molecular weight is 380 g/mol. The first-order chi connectivity index (χ1) is 12.4. The second-order valence-corrected chi connectivity index (χ2v) is 5.48. The van der Waals surface area contributed by atoms with Gasteiger partial charge in [-0.1, -0.05) is 17.7 Å². The lowest BCUT2D eigenvalue weighted by Crippen LogP contribution is -2.20. The van der Waals surface area contributed by atoms with Crippen molar-refractivity contribution < 1.29 is 28.6 Å². The Hall–Kier alpha value is -3.06. The van der Waals surface area contributed by atoms with Gasteiger partial charge < -0.3 is 19.9 Å². The van der Waals surface area contributed by atoms with Gasteiger partial charge in [0, 0.05) is 11.1 Å². The smallest absolute Gasteiger partial charge is 0.331 e. The van der Waals surface area contributed by atoms with Crippen LogP contribution in [0, 0.1) is 5.82 Å². The number of aromatic hydroxyl groups is 1. The van der Waals surface area contributed by atoms with Crippen molar-refractivity contribution in [3.8, 4) is 11.5 Å². The quantitative estimate of drug-likeness (QED) is 0.593. The summed E-state index contributed by atoms with van der Waals surface area (Å²) in [5.41, 5.74) is 0.479. The summed E-state index contributed by atoms with van der Waals surface area (Å²) in [6.45, 7) is -0.589. The summed E-state index contributed by atoms with van der Waals surface area (Å²) in [5.74, 6) is -1.91. The van der Waals surface area contributed by atoms with Crippen LogP contribution in [-0.4, -0.2) is 30.7 Å². The SMILES string of the molecule is COc1cc(/C=C/C(=O)OCC(=O)Nc2cc(Cl)ccc2F)ccc1O. The summed E-state index contributed by atoms with van der Waals surface area (Å²) in [6, 6.07) is 8.20. The Labute approximate surface area is 153 Å². The summed E-state index contributed by atoms with van der Waals surface area (Å²) >= 11 is 5.72. The topological polar surface area (TPSA) is 84.9 Å². The maximum absolute atomic E-state index is 13.5. The second kappa shape index (κ2) is 8.87. The molecule has 26 heavy (non-hydrogen) atoms. The highest BCUT2D eigenvalue weighted by molar-refractivity contribution is 6.30. The monoisotopic (exact) mass is 379 g/mol. The van der Waals surface area contributed by atoms with Gasteiger partial charge in [-0.05, 0) is 42.0 Å². The maximum Gasteiger partial charge on any atom is 0.331 e. The molecule has 0 saturated heterocycles. The molecule has 2 aromatic carbocycles. The molecule has 0 aliphatic carbocycles. The zero-order valence-electron chi connectivity index (χ0n) is 13.7. The van der Waals surface area contributed by atoms with E-state index in [4.69, 9.17) is 21.1 Å². The van der Waals surface area contributed by atoms with Crippen molar-refractivity contribution in [3.05, 3.63) is 58.9 Å². The molecule has 0 atom stereocenters. The van der Waals surface area contributed by atoms with E-state index in [1.165, 1.54) is 37.5 Å². The van der Waals surface area contributed by atoms with Gasteiger partial charge in [0.05, 0.1) is 12.8 Å². The molecule has 136 valence electrons. The van der Waals surface area contributed by atoms with Gasteiger partial charge in [0.15, 0.2) is 18.1 Å². The van der Waals surface area contributed by atoms with Crippen LogP contribution in [-0.2, 0) is 14.3 Å². The lowest BCUT2D eigenvalue weighted by molar-refractivity contribution is -0.142. The number of nitrogens with one attached hydrogen (secondary N) is 1. The first-order valence-corrected chi connectivity index (χ1v) is 7.73. The molecule has 1 amide bonds. The number of anilines is 1. The summed E-state index contributed by atoms with van der Waals surface area (Å²) in [5, 5.41) is 12.0. The van der Waals surface area contributed by atoms with Gasteiger partial charge in [-0.3, -0.25) is 4.79 Å². The molecule has 0 aromatic heterocycles. The molecule has 0 radical (unpaired) electrons. The summed E-state index contributed by atoms with van der Waals surface area (Å²) in [7, 11) is 1.40. The van der Waals surface area contributed by atoms with E-state index in [-0.39, 0.29) is 22.2 Å². The molecular formula is C18H15ClFNO5. The number of esters is 1. The third-order valence-corrected chi connectivity index (χ3v) is 3.40. The molecule has 0 aliphatic heterocycles. The van der Waals surface area contributed by atoms with Crippen molar-refractivity contribution in [2.24, 2.45) is 0 Å². The maximum atomic E-state index is 13.5. The van der Waals surface area contributed by atoms with Crippen molar-refractivity contribution in [1.29, 1.82) is 0 Å². The van der Waals surface area contributed by atoms with Crippen LogP contribution in [0.5, 0.6) is 11.5 Å². The van der Waals surface area contributed by atoms with Crippen LogP contribution in [0.25, 0.3) is 6.08 Å². The highest BCUT2D eigenvalue weighted by atomic mass is 35.5. The lowest BCUT2D eigenvalue weighted by Gasteiger charge is -2.07. The molecule has 6 nitrogen and oxygen atoms in total. The molecule has 0 unspecified atom stereocenters. The number of hydrogen-bond acceptors (Lipinski definition) is 5. The number of benzene rings is 2. The van der Waals surface area contributed by atoms with Gasteiger partial charge in [0.2, 0.25) is 0 Å². The molecule has 0 heterocycles. The van der Waals surface area contributed by atoms with E-state index in [9.17, 15) is 19.1 Å². The molecule has 0 bridgehead atoms. The number of methoxy groups -OCH3 is 1. The number of halogens is 2. The van der Waals surface area contributed by atoms with Gasteiger partial charge in [-0.25, -0.2) is 9.18 Å². The minimum atomic E-state index is -0.765. The van der Waals surface area contributed by atoms with Crippen LogP contribution in [0.4, 0.5) is 10.1 Å². The Balaban J connectivity index is 1.88. The summed E-state index contributed by atoms with van der Waals surface area (Å²) in [6.07, 6.45) is 2.54. The second-order valence-electron chi connectivity index (χ2n) is 5.04. The fraction of sp³-hybridized carbons (Fsp3) is 0.111. The van der Waals surface area contributed by atoms with Gasteiger partial charge in [-0.15, -0.1) is 0 Å². The Morgan fingerprint density at radius 2 is 2.04 bits per heavy atom. The van der Waals surface area contributed by atoms with Crippen LogP contribution < -0.4 is 10.1 Å². The largest absolute Gasteiger partial charge is 0.504 e. The summed E-state index contributed by atoms with van der Waals surface area (Å²) < 4.78 is 23.2. The first kappa shape index (κ1) is 19.3. The van der Waals surface area contributed by atoms with Gasteiger partial charge in [-0.2, -0.15) is 0 Å². The molecule has 0 fully saturated rings. The van der Waals surface area contributed by atoms with Gasteiger partial charge >= 0.3 is 5.97 Å².